The molecular weight excluding hydrogens is 591 g/mol. The van der Waals surface area contributed by atoms with E-state index in [4.69, 9.17) is 37.0 Å². The monoisotopic (exact) mass is 615 g/mol. The van der Waals surface area contributed by atoms with E-state index in [1.54, 1.807) is 18.2 Å². The van der Waals surface area contributed by atoms with Crippen LogP contribution < -0.4 is 0 Å². The number of halogens is 4. The van der Waals surface area contributed by atoms with Gasteiger partial charge < -0.3 is 18.9 Å². The predicted molar refractivity (Wildman–Crippen MR) is 147 cm³/mol. The lowest BCUT2D eigenvalue weighted by atomic mass is 9.58. The molecule has 12 heteroatoms. The molecule has 0 aliphatic heterocycles. The Morgan fingerprint density at radius 2 is 1.69 bits per heavy atom. The second-order valence-electron chi connectivity index (χ2n) is 11.5. The quantitative estimate of drug-likeness (QED) is 0.211. The number of nitrogens with zero attached hydrogens (tertiary/aromatic N) is 3. The van der Waals surface area contributed by atoms with Gasteiger partial charge in [-0.1, -0.05) is 39.6 Å². The van der Waals surface area contributed by atoms with E-state index in [-0.39, 0.29) is 17.0 Å². The highest BCUT2D eigenvalue weighted by Gasteiger charge is 2.53. The lowest BCUT2D eigenvalue weighted by Crippen LogP contribution is -2.49. The molecule has 4 aliphatic carbocycles. The van der Waals surface area contributed by atoms with Gasteiger partial charge in [-0.2, -0.15) is 4.98 Å². The van der Waals surface area contributed by atoms with Crippen molar-refractivity contribution in [3.05, 3.63) is 74.8 Å². The summed E-state index contributed by atoms with van der Waals surface area (Å²) in [4.78, 5) is 15.8. The molecule has 218 valence electrons. The molecule has 8 rings (SSSR count). The summed E-state index contributed by atoms with van der Waals surface area (Å²) in [6.45, 7) is 0.319. The number of carbonyl (C=O) groups is 1. The molecule has 2 aromatic heterocycles. The van der Waals surface area contributed by atoms with Crippen molar-refractivity contribution in [3.8, 4) is 22.6 Å². The van der Waals surface area contributed by atoms with Crippen LogP contribution in [-0.2, 0) is 16.8 Å². The minimum absolute atomic E-state index is 0.108. The normalized spacial score (nSPS) is 23.4. The third kappa shape index (κ3) is 4.51. The summed E-state index contributed by atoms with van der Waals surface area (Å²) in [5, 5.41) is 18.5. The molecule has 2 bridgehead atoms. The number of fused-ring (bicyclic) bond motifs is 3. The van der Waals surface area contributed by atoms with Gasteiger partial charge in [0.25, 0.3) is 0 Å². The average Bonchev–Trinajstić information content (AvgIpc) is 3.54. The Morgan fingerprint density at radius 3 is 2.33 bits per heavy atom. The van der Waals surface area contributed by atoms with Gasteiger partial charge >= 0.3 is 5.97 Å². The van der Waals surface area contributed by atoms with Crippen molar-refractivity contribution in [3.63, 3.8) is 0 Å². The van der Waals surface area contributed by atoms with E-state index >= 15 is 0 Å². The summed E-state index contributed by atoms with van der Waals surface area (Å²) >= 11 is 13.0. The Labute approximate surface area is 248 Å². The van der Waals surface area contributed by atoms with Crippen LogP contribution in [0.15, 0.2) is 39.4 Å². The molecule has 0 unspecified atom stereocenters. The second kappa shape index (κ2) is 10.1. The molecule has 1 N–H and O–H groups in total. The first kappa shape index (κ1) is 27.5. The molecule has 0 radical (unpaired) electrons. The van der Waals surface area contributed by atoms with Crippen LogP contribution in [0.4, 0.5) is 8.78 Å². The van der Waals surface area contributed by atoms with Crippen LogP contribution in [0, 0.1) is 11.6 Å². The van der Waals surface area contributed by atoms with Gasteiger partial charge in [-0.15, -0.1) is 0 Å². The van der Waals surface area contributed by atoms with Crippen LogP contribution in [0.3, 0.4) is 0 Å². The average molecular weight is 616 g/mol. The molecule has 2 aromatic carbocycles. The Kier molecular flexibility index (Phi) is 6.64. The number of carboxylic acid groups (broad SMARTS) is 1. The largest absolute Gasteiger partial charge is 0.477 e. The van der Waals surface area contributed by atoms with Gasteiger partial charge in [0.1, 0.15) is 22.8 Å². The van der Waals surface area contributed by atoms with Crippen molar-refractivity contribution in [1.29, 1.82) is 0 Å². The van der Waals surface area contributed by atoms with Gasteiger partial charge in [0, 0.05) is 17.0 Å². The first-order valence-electron chi connectivity index (χ1n) is 13.8. The van der Waals surface area contributed by atoms with Crippen molar-refractivity contribution in [1.82, 2.24) is 15.3 Å². The molecule has 0 spiro atoms. The Hall–Kier alpha value is -3.34. The van der Waals surface area contributed by atoms with Crippen molar-refractivity contribution in [2.45, 2.75) is 74.9 Å². The zero-order chi connectivity index (χ0) is 29.2. The number of carboxylic acids is 1. The van der Waals surface area contributed by atoms with E-state index in [1.165, 1.54) is 0 Å². The van der Waals surface area contributed by atoms with E-state index in [2.05, 4.69) is 15.3 Å². The first-order chi connectivity index (χ1) is 20.2. The zero-order valence-electron chi connectivity index (χ0n) is 22.3. The van der Waals surface area contributed by atoms with Crippen molar-refractivity contribution in [2.75, 3.05) is 0 Å². The molecule has 0 atom stereocenters. The fraction of sp³-hybridized carbons (Fsp3) is 0.400. The number of benzene rings is 2. The lowest BCUT2D eigenvalue weighted by molar-refractivity contribution is -0.130. The van der Waals surface area contributed by atoms with Gasteiger partial charge in [-0.05, 0) is 75.6 Å². The van der Waals surface area contributed by atoms with Crippen LogP contribution in [0.1, 0.15) is 84.9 Å². The number of aromatic carboxylic acids is 1. The van der Waals surface area contributed by atoms with Gasteiger partial charge in [-0.3, -0.25) is 0 Å². The summed E-state index contributed by atoms with van der Waals surface area (Å²) in [5.74, 6) is -2.69. The minimum atomic E-state index is -1.71. The molecule has 0 saturated heterocycles. The summed E-state index contributed by atoms with van der Waals surface area (Å²) in [6, 6.07) is 7.35. The van der Waals surface area contributed by atoms with Crippen LogP contribution in [0.5, 0.6) is 0 Å². The van der Waals surface area contributed by atoms with Gasteiger partial charge in [0.05, 0.1) is 33.2 Å². The molecule has 4 fully saturated rings. The summed E-state index contributed by atoms with van der Waals surface area (Å²) in [7, 11) is 0. The van der Waals surface area contributed by atoms with E-state index in [0.29, 0.717) is 39.7 Å². The lowest BCUT2D eigenvalue weighted by Gasteiger charge is -2.51. The van der Waals surface area contributed by atoms with E-state index in [1.807, 2.05) is 0 Å². The maximum atomic E-state index is 14.8. The minimum Gasteiger partial charge on any atom is -0.477 e. The fourth-order valence-corrected chi connectivity index (χ4v) is 7.01. The molecule has 4 saturated carbocycles. The fourth-order valence-electron chi connectivity index (χ4n) is 6.43. The van der Waals surface area contributed by atoms with Crippen molar-refractivity contribution in [2.24, 2.45) is 0 Å². The summed E-state index contributed by atoms with van der Waals surface area (Å²) in [6.07, 6.45) is 6.52. The summed E-state index contributed by atoms with van der Waals surface area (Å²) < 4.78 is 46.8. The topological polar surface area (TPSA) is 111 Å². The molecule has 0 amide bonds. The Bertz CT molecular complexity index is 1670. The molecule has 2 heterocycles. The highest BCUT2D eigenvalue weighted by molar-refractivity contribution is 6.39. The smallest absolute Gasteiger partial charge is 0.341 e. The number of ether oxygens (including phenoxy) is 1. The van der Waals surface area contributed by atoms with Gasteiger partial charge in [-0.25, -0.2) is 13.6 Å². The van der Waals surface area contributed by atoms with Gasteiger partial charge in [0.15, 0.2) is 5.82 Å². The Morgan fingerprint density at radius 1 is 1.00 bits per heavy atom. The maximum Gasteiger partial charge on any atom is 0.341 e. The summed E-state index contributed by atoms with van der Waals surface area (Å²) in [5.41, 5.74) is 0.124. The highest BCUT2D eigenvalue weighted by Crippen LogP contribution is 2.55. The molecule has 8 nitrogen and oxygen atoms in total. The van der Waals surface area contributed by atoms with Crippen LogP contribution in [0.25, 0.3) is 22.6 Å². The highest BCUT2D eigenvalue weighted by atomic mass is 35.5. The van der Waals surface area contributed by atoms with Crippen LogP contribution in [0.2, 0.25) is 10.0 Å². The second-order valence-corrected chi connectivity index (χ2v) is 12.3. The van der Waals surface area contributed by atoms with E-state index in [9.17, 15) is 18.7 Å². The Balaban J connectivity index is 1.10. The molecule has 4 aromatic rings. The number of hydrogen-bond donors (Lipinski definition) is 1. The first-order valence-corrected chi connectivity index (χ1v) is 14.6. The third-order valence-electron chi connectivity index (χ3n) is 9.09. The maximum absolute atomic E-state index is 14.8. The van der Waals surface area contributed by atoms with E-state index < -0.39 is 28.6 Å². The van der Waals surface area contributed by atoms with E-state index in [0.717, 1.165) is 74.8 Å². The third-order valence-corrected chi connectivity index (χ3v) is 9.72. The molecule has 4 aliphatic rings. The van der Waals surface area contributed by atoms with Gasteiger partial charge in [0.2, 0.25) is 11.7 Å². The standard InChI is InChI=1S/C30H25Cl2F2N3O5/c31-18-2-1-3-19(32)21(18)24-17(25(41-36-24)15-4-5-15)14-40-30-11-8-29(9-12-30,10-13-30)28-35-26(37-42-28)16-6-7-20(33)22(23(16)34)27(38)39/h1-3,6-7,15H,4-5,8-14H2,(H,38,39). The van der Waals surface area contributed by atoms with Crippen molar-refractivity contribution >= 4 is 29.2 Å². The zero-order valence-corrected chi connectivity index (χ0v) is 23.8. The molecular formula is C30H25Cl2F2N3O5. The van der Waals surface area contributed by atoms with Crippen molar-refractivity contribution < 1.29 is 32.5 Å². The SMILES string of the molecule is O=C(O)c1c(F)ccc(-c2noc(C34CCC(OCc5c(-c6c(Cl)cccc6Cl)noc5C5CC5)(CC3)CC4)n2)c1F. The molecule has 42 heavy (non-hydrogen) atoms. The van der Waals surface area contributed by atoms with Crippen LogP contribution in [-0.4, -0.2) is 32.0 Å². The predicted octanol–water partition coefficient (Wildman–Crippen LogP) is 8.11. The number of aromatic nitrogens is 3. The number of hydrogen-bond acceptors (Lipinski definition) is 7. The number of rotatable bonds is 8. The van der Waals surface area contributed by atoms with Crippen LogP contribution >= 0.6 is 23.2 Å².